The van der Waals surface area contributed by atoms with Crippen LogP contribution in [0, 0.1) is 10.1 Å². The van der Waals surface area contributed by atoms with Crippen LogP contribution in [0.4, 0.5) is 5.69 Å². The van der Waals surface area contributed by atoms with Gasteiger partial charge in [0.05, 0.1) is 16.0 Å². The number of non-ortho nitro benzene ring substituents is 1. The molecule has 0 fully saturated rings. The van der Waals surface area contributed by atoms with E-state index < -0.39 is 4.92 Å². The van der Waals surface area contributed by atoms with Crippen LogP contribution in [0.15, 0.2) is 36.4 Å². The summed E-state index contributed by atoms with van der Waals surface area (Å²) < 4.78 is 5.47. The van der Waals surface area contributed by atoms with Crippen LogP contribution in [0.5, 0.6) is 5.75 Å². The maximum atomic E-state index is 10.7. The molecule has 0 radical (unpaired) electrons. The molecular formula is C13H8Cl3NO3. The van der Waals surface area contributed by atoms with Gasteiger partial charge in [0.1, 0.15) is 12.4 Å². The highest BCUT2D eigenvalue weighted by atomic mass is 35.5. The molecule has 7 heteroatoms. The second kappa shape index (κ2) is 6.31. The number of hydrogen-bond acceptors (Lipinski definition) is 3. The molecule has 0 aromatic heterocycles. The molecule has 0 saturated carbocycles. The molecule has 0 unspecified atom stereocenters. The molecule has 0 aliphatic carbocycles. The summed E-state index contributed by atoms with van der Waals surface area (Å²) in [6.45, 7) is 0.136. The molecule has 4 nitrogen and oxygen atoms in total. The lowest BCUT2D eigenvalue weighted by Crippen LogP contribution is -1.98. The Bertz CT molecular complexity index is 661. The molecule has 0 amide bonds. The Morgan fingerprint density at radius 3 is 2.45 bits per heavy atom. The Labute approximate surface area is 130 Å². The molecule has 0 heterocycles. The van der Waals surface area contributed by atoms with Crippen molar-refractivity contribution in [2.24, 2.45) is 0 Å². The Morgan fingerprint density at radius 2 is 1.80 bits per heavy atom. The number of ether oxygens (including phenoxy) is 1. The maximum absolute atomic E-state index is 10.7. The first-order valence-electron chi connectivity index (χ1n) is 5.48. The van der Waals surface area contributed by atoms with E-state index in [-0.39, 0.29) is 18.0 Å². The highest BCUT2D eigenvalue weighted by molar-refractivity contribution is 6.35. The van der Waals surface area contributed by atoms with E-state index in [4.69, 9.17) is 39.5 Å². The Morgan fingerprint density at radius 1 is 1.05 bits per heavy atom. The quantitative estimate of drug-likeness (QED) is 0.576. The van der Waals surface area contributed by atoms with Crippen molar-refractivity contribution in [3.05, 3.63) is 67.1 Å². The summed E-state index contributed by atoms with van der Waals surface area (Å²) in [6.07, 6.45) is 0. The number of nitro benzene ring substituents is 1. The van der Waals surface area contributed by atoms with Crippen LogP contribution in [-0.2, 0) is 6.61 Å². The molecule has 2 aromatic rings. The van der Waals surface area contributed by atoms with Crippen LogP contribution < -0.4 is 4.74 Å². The van der Waals surface area contributed by atoms with Gasteiger partial charge in [-0.1, -0.05) is 40.9 Å². The molecule has 0 bridgehead atoms. The smallest absolute Gasteiger partial charge is 0.273 e. The van der Waals surface area contributed by atoms with Gasteiger partial charge in [-0.05, 0) is 18.2 Å². The third-order valence-corrected chi connectivity index (χ3v) is 3.42. The third-order valence-electron chi connectivity index (χ3n) is 2.52. The minimum atomic E-state index is -0.515. The van der Waals surface area contributed by atoms with Crippen LogP contribution >= 0.6 is 34.8 Å². The Hall–Kier alpha value is -1.49. The minimum Gasteiger partial charge on any atom is -0.487 e. The summed E-state index contributed by atoms with van der Waals surface area (Å²) in [5.74, 6) is 0.229. The van der Waals surface area contributed by atoms with Gasteiger partial charge < -0.3 is 4.74 Å². The summed E-state index contributed by atoms with van der Waals surface area (Å²) >= 11 is 17.7. The van der Waals surface area contributed by atoms with E-state index in [1.54, 1.807) is 18.2 Å². The van der Waals surface area contributed by atoms with Crippen LogP contribution in [0.2, 0.25) is 15.1 Å². The zero-order chi connectivity index (χ0) is 14.7. The van der Waals surface area contributed by atoms with Gasteiger partial charge >= 0.3 is 0 Å². The average Bonchev–Trinajstić information content (AvgIpc) is 2.39. The summed E-state index contributed by atoms with van der Waals surface area (Å²) in [7, 11) is 0. The molecule has 0 atom stereocenters. The van der Waals surface area contributed by atoms with E-state index in [1.807, 2.05) is 0 Å². The molecule has 0 N–H and O–H groups in total. The van der Waals surface area contributed by atoms with Gasteiger partial charge in [-0.15, -0.1) is 0 Å². The van der Waals surface area contributed by atoms with Gasteiger partial charge in [0.25, 0.3) is 5.69 Å². The van der Waals surface area contributed by atoms with Gasteiger partial charge in [-0.25, -0.2) is 0 Å². The molecule has 20 heavy (non-hydrogen) atoms. The van der Waals surface area contributed by atoms with E-state index in [0.717, 1.165) is 0 Å². The SMILES string of the molecule is O=[N+]([O-])c1ccc(Cl)c(OCc2ccc(Cl)cc2Cl)c1. The summed E-state index contributed by atoms with van der Waals surface area (Å²) in [5, 5.41) is 12.0. The molecule has 2 rings (SSSR count). The van der Waals surface area contributed by atoms with Crippen molar-refractivity contribution in [2.75, 3.05) is 0 Å². The van der Waals surface area contributed by atoms with Crippen LogP contribution in [-0.4, -0.2) is 4.92 Å². The van der Waals surface area contributed by atoms with E-state index in [1.165, 1.54) is 18.2 Å². The topological polar surface area (TPSA) is 52.4 Å². The molecule has 104 valence electrons. The number of benzene rings is 2. The van der Waals surface area contributed by atoms with Crippen LogP contribution in [0.25, 0.3) is 0 Å². The van der Waals surface area contributed by atoms with Gasteiger partial charge in [0.15, 0.2) is 0 Å². The fourth-order valence-electron chi connectivity index (χ4n) is 1.51. The average molecular weight is 333 g/mol. The van der Waals surface area contributed by atoms with Crippen molar-refractivity contribution in [1.82, 2.24) is 0 Å². The fourth-order valence-corrected chi connectivity index (χ4v) is 2.15. The Balaban J connectivity index is 2.18. The molecule has 0 aliphatic rings. The largest absolute Gasteiger partial charge is 0.487 e. The summed E-state index contributed by atoms with van der Waals surface area (Å²) in [4.78, 5) is 10.2. The third kappa shape index (κ3) is 3.54. The highest BCUT2D eigenvalue weighted by Gasteiger charge is 2.11. The molecule has 0 spiro atoms. The van der Waals surface area contributed by atoms with Gasteiger partial charge in [0.2, 0.25) is 0 Å². The standard InChI is InChI=1S/C13H8Cl3NO3/c14-9-2-1-8(12(16)5-9)7-20-13-6-10(17(18)19)3-4-11(13)15/h1-6H,7H2. The van der Waals surface area contributed by atoms with Crippen molar-refractivity contribution in [3.8, 4) is 5.75 Å². The van der Waals surface area contributed by atoms with Crippen molar-refractivity contribution in [2.45, 2.75) is 6.61 Å². The molecule has 0 saturated heterocycles. The Kier molecular flexibility index (Phi) is 4.70. The number of halogens is 3. The van der Waals surface area contributed by atoms with E-state index in [2.05, 4.69) is 0 Å². The van der Waals surface area contributed by atoms with Crippen LogP contribution in [0.1, 0.15) is 5.56 Å². The number of nitro groups is 1. The molecule has 0 aliphatic heterocycles. The van der Waals surface area contributed by atoms with Gasteiger partial charge in [0, 0.05) is 21.7 Å². The van der Waals surface area contributed by atoms with E-state index in [0.29, 0.717) is 20.6 Å². The van der Waals surface area contributed by atoms with Crippen LogP contribution in [0.3, 0.4) is 0 Å². The first kappa shape index (κ1) is 14.9. The lowest BCUT2D eigenvalue weighted by Gasteiger charge is -2.09. The van der Waals surface area contributed by atoms with Gasteiger partial charge in [-0.3, -0.25) is 10.1 Å². The minimum absolute atomic E-state index is 0.0911. The predicted octanol–water partition coefficient (Wildman–Crippen LogP) is 5.13. The maximum Gasteiger partial charge on any atom is 0.273 e. The summed E-state index contributed by atoms with van der Waals surface area (Å²) in [6, 6.07) is 8.99. The second-order valence-electron chi connectivity index (χ2n) is 3.90. The molecular weight excluding hydrogens is 325 g/mol. The van der Waals surface area contributed by atoms with E-state index in [9.17, 15) is 10.1 Å². The number of rotatable bonds is 4. The van der Waals surface area contributed by atoms with Gasteiger partial charge in [-0.2, -0.15) is 0 Å². The van der Waals surface area contributed by atoms with Crippen molar-refractivity contribution in [1.29, 1.82) is 0 Å². The van der Waals surface area contributed by atoms with Crippen molar-refractivity contribution < 1.29 is 9.66 Å². The fraction of sp³-hybridized carbons (Fsp3) is 0.0769. The molecule has 2 aromatic carbocycles. The normalized spacial score (nSPS) is 10.3. The second-order valence-corrected chi connectivity index (χ2v) is 5.15. The first-order valence-corrected chi connectivity index (χ1v) is 6.61. The highest BCUT2D eigenvalue weighted by Crippen LogP contribution is 2.30. The zero-order valence-electron chi connectivity index (χ0n) is 9.98. The summed E-state index contributed by atoms with van der Waals surface area (Å²) in [5.41, 5.74) is 0.616. The number of hydrogen-bond donors (Lipinski definition) is 0. The number of nitrogens with zero attached hydrogens (tertiary/aromatic N) is 1. The zero-order valence-corrected chi connectivity index (χ0v) is 12.2. The van der Waals surface area contributed by atoms with Crippen molar-refractivity contribution >= 4 is 40.5 Å². The first-order chi connectivity index (χ1) is 9.47. The van der Waals surface area contributed by atoms with Crippen molar-refractivity contribution in [3.63, 3.8) is 0 Å². The lowest BCUT2D eigenvalue weighted by atomic mass is 10.2. The predicted molar refractivity (Wildman–Crippen MR) is 78.9 cm³/mol. The monoisotopic (exact) mass is 331 g/mol. The lowest BCUT2D eigenvalue weighted by molar-refractivity contribution is -0.384. The van der Waals surface area contributed by atoms with E-state index >= 15 is 0 Å².